The number of aromatic nitrogens is 1. The SMILES string of the molecule is CCCc1nc(COc2ccc(C)cc2C)sc1CS. The van der Waals surface area contributed by atoms with E-state index in [-0.39, 0.29) is 0 Å². The minimum Gasteiger partial charge on any atom is -0.486 e. The number of ether oxygens (including phenoxy) is 1. The lowest BCUT2D eigenvalue weighted by Gasteiger charge is -2.08. The lowest BCUT2D eigenvalue weighted by atomic mass is 10.1. The third kappa shape index (κ3) is 3.76. The largest absolute Gasteiger partial charge is 0.486 e. The second-order valence-corrected chi connectivity index (χ2v) is 6.43. The van der Waals surface area contributed by atoms with Crippen LogP contribution in [0.2, 0.25) is 0 Å². The van der Waals surface area contributed by atoms with Gasteiger partial charge >= 0.3 is 0 Å². The van der Waals surface area contributed by atoms with Crippen LogP contribution in [-0.4, -0.2) is 4.98 Å². The summed E-state index contributed by atoms with van der Waals surface area (Å²) in [6.07, 6.45) is 2.14. The van der Waals surface area contributed by atoms with Gasteiger partial charge in [-0.1, -0.05) is 31.0 Å². The summed E-state index contributed by atoms with van der Waals surface area (Å²) < 4.78 is 5.89. The Bertz CT molecular complexity index is 578. The minimum atomic E-state index is 0.541. The van der Waals surface area contributed by atoms with E-state index in [2.05, 4.69) is 50.5 Å². The molecular formula is C16H21NOS2. The highest BCUT2D eigenvalue weighted by Gasteiger charge is 2.10. The van der Waals surface area contributed by atoms with E-state index in [1.807, 2.05) is 6.07 Å². The maximum absolute atomic E-state index is 5.89. The number of aryl methyl sites for hydroxylation is 3. The van der Waals surface area contributed by atoms with Gasteiger partial charge in [0.05, 0.1) is 5.69 Å². The molecule has 0 bridgehead atoms. The molecule has 0 fully saturated rings. The van der Waals surface area contributed by atoms with Crippen molar-refractivity contribution in [2.45, 2.75) is 46.0 Å². The molecule has 0 unspecified atom stereocenters. The van der Waals surface area contributed by atoms with Crippen LogP contribution in [0.25, 0.3) is 0 Å². The van der Waals surface area contributed by atoms with Crippen molar-refractivity contribution in [1.82, 2.24) is 4.98 Å². The summed E-state index contributed by atoms with van der Waals surface area (Å²) in [6, 6.07) is 6.25. The van der Waals surface area contributed by atoms with Crippen molar-refractivity contribution in [3.63, 3.8) is 0 Å². The molecule has 1 aromatic carbocycles. The van der Waals surface area contributed by atoms with Crippen LogP contribution >= 0.6 is 24.0 Å². The predicted octanol–water partition coefficient (Wildman–Crippen LogP) is 4.72. The quantitative estimate of drug-likeness (QED) is 0.780. The molecule has 108 valence electrons. The normalized spacial score (nSPS) is 10.8. The molecular weight excluding hydrogens is 286 g/mol. The number of nitrogens with zero attached hydrogens (tertiary/aromatic N) is 1. The Balaban J connectivity index is 2.06. The number of rotatable bonds is 6. The van der Waals surface area contributed by atoms with Crippen molar-refractivity contribution in [3.05, 3.63) is 44.9 Å². The zero-order valence-corrected chi connectivity index (χ0v) is 14.0. The van der Waals surface area contributed by atoms with Gasteiger partial charge in [0.25, 0.3) is 0 Å². The molecule has 0 atom stereocenters. The average molecular weight is 307 g/mol. The number of thiol groups is 1. The first-order chi connectivity index (χ1) is 9.63. The summed E-state index contributed by atoms with van der Waals surface area (Å²) in [5.41, 5.74) is 3.61. The summed E-state index contributed by atoms with van der Waals surface area (Å²) in [5, 5.41) is 1.04. The van der Waals surface area contributed by atoms with Gasteiger partial charge in [-0.25, -0.2) is 4.98 Å². The summed E-state index contributed by atoms with van der Waals surface area (Å²) in [5.74, 6) is 1.70. The van der Waals surface area contributed by atoms with E-state index >= 15 is 0 Å². The molecule has 0 saturated heterocycles. The first kappa shape index (κ1) is 15.4. The topological polar surface area (TPSA) is 22.1 Å². The maximum Gasteiger partial charge on any atom is 0.140 e. The molecule has 2 nitrogen and oxygen atoms in total. The second kappa shape index (κ2) is 7.14. The van der Waals surface area contributed by atoms with Crippen LogP contribution in [0, 0.1) is 13.8 Å². The monoisotopic (exact) mass is 307 g/mol. The van der Waals surface area contributed by atoms with Crippen LogP contribution in [0.3, 0.4) is 0 Å². The highest BCUT2D eigenvalue weighted by atomic mass is 32.1. The van der Waals surface area contributed by atoms with Crippen LogP contribution in [-0.2, 0) is 18.8 Å². The van der Waals surface area contributed by atoms with Crippen molar-refractivity contribution in [1.29, 1.82) is 0 Å². The molecule has 1 aromatic heterocycles. The third-order valence-electron chi connectivity index (χ3n) is 3.13. The summed E-state index contributed by atoms with van der Waals surface area (Å²) in [4.78, 5) is 5.95. The van der Waals surface area contributed by atoms with E-state index in [1.165, 1.54) is 21.7 Å². The van der Waals surface area contributed by atoms with Gasteiger partial charge in [-0.3, -0.25) is 0 Å². The summed E-state index contributed by atoms with van der Waals surface area (Å²) in [6.45, 7) is 6.88. The Morgan fingerprint density at radius 1 is 1.30 bits per heavy atom. The van der Waals surface area contributed by atoms with Crippen molar-refractivity contribution in [2.24, 2.45) is 0 Å². The maximum atomic E-state index is 5.89. The van der Waals surface area contributed by atoms with Gasteiger partial charge in [0, 0.05) is 10.6 Å². The van der Waals surface area contributed by atoms with Gasteiger partial charge in [-0.15, -0.1) is 11.3 Å². The summed E-state index contributed by atoms with van der Waals surface area (Å²) in [7, 11) is 0. The first-order valence-electron chi connectivity index (χ1n) is 6.92. The second-order valence-electron chi connectivity index (χ2n) is 4.94. The Kier molecular flexibility index (Phi) is 5.49. The molecule has 0 amide bonds. The first-order valence-corrected chi connectivity index (χ1v) is 8.37. The molecule has 2 rings (SSSR count). The van der Waals surface area contributed by atoms with E-state index in [1.54, 1.807) is 11.3 Å². The van der Waals surface area contributed by atoms with Gasteiger partial charge in [0.15, 0.2) is 0 Å². The standard InChI is InChI=1S/C16H21NOS2/c1-4-5-13-15(10-19)20-16(17-13)9-18-14-7-6-11(2)8-12(14)3/h6-8,19H,4-5,9-10H2,1-3H3. The van der Waals surface area contributed by atoms with Gasteiger partial charge in [0.1, 0.15) is 17.4 Å². The number of hydrogen-bond acceptors (Lipinski definition) is 4. The minimum absolute atomic E-state index is 0.541. The van der Waals surface area contributed by atoms with Crippen LogP contribution in [0.1, 0.15) is 40.1 Å². The van der Waals surface area contributed by atoms with E-state index < -0.39 is 0 Å². The van der Waals surface area contributed by atoms with E-state index in [4.69, 9.17) is 4.74 Å². The molecule has 0 radical (unpaired) electrons. The number of thiazole rings is 1. The third-order valence-corrected chi connectivity index (χ3v) is 4.74. The molecule has 4 heteroatoms. The molecule has 1 heterocycles. The van der Waals surface area contributed by atoms with Crippen LogP contribution in [0.4, 0.5) is 0 Å². The van der Waals surface area contributed by atoms with Crippen molar-refractivity contribution in [2.75, 3.05) is 0 Å². The van der Waals surface area contributed by atoms with Gasteiger partial charge in [-0.05, 0) is 31.9 Å². The molecule has 0 aliphatic carbocycles. The van der Waals surface area contributed by atoms with Crippen molar-refractivity contribution < 1.29 is 4.74 Å². The number of hydrogen-bond donors (Lipinski definition) is 1. The van der Waals surface area contributed by atoms with Crippen LogP contribution in [0.15, 0.2) is 18.2 Å². The van der Waals surface area contributed by atoms with Crippen LogP contribution < -0.4 is 4.74 Å². The van der Waals surface area contributed by atoms with Crippen LogP contribution in [0.5, 0.6) is 5.75 Å². The fraction of sp³-hybridized carbons (Fsp3) is 0.438. The fourth-order valence-corrected chi connectivity index (χ4v) is 3.42. The molecule has 0 aliphatic rings. The zero-order chi connectivity index (χ0) is 14.5. The highest BCUT2D eigenvalue weighted by Crippen LogP contribution is 2.24. The molecule has 2 aromatic rings. The highest BCUT2D eigenvalue weighted by molar-refractivity contribution is 7.79. The Labute approximate surface area is 130 Å². The molecule has 0 aliphatic heterocycles. The molecule has 0 spiro atoms. The lowest BCUT2D eigenvalue weighted by molar-refractivity contribution is 0.303. The summed E-state index contributed by atoms with van der Waals surface area (Å²) >= 11 is 6.10. The molecule has 0 N–H and O–H groups in total. The van der Waals surface area contributed by atoms with E-state index in [0.29, 0.717) is 6.61 Å². The van der Waals surface area contributed by atoms with Gasteiger partial charge in [0.2, 0.25) is 0 Å². The average Bonchev–Trinajstić information content (AvgIpc) is 2.80. The van der Waals surface area contributed by atoms with Gasteiger partial charge in [-0.2, -0.15) is 12.6 Å². The predicted molar refractivity (Wildman–Crippen MR) is 89.0 cm³/mol. The smallest absolute Gasteiger partial charge is 0.140 e. The van der Waals surface area contributed by atoms with Gasteiger partial charge < -0.3 is 4.74 Å². The van der Waals surface area contributed by atoms with E-state index in [9.17, 15) is 0 Å². The zero-order valence-electron chi connectivity index (χ0n) is 12.3. The Morgan fingerprint density at radius 3 is 2.75 bits per heavy atom. The number of benzene rings is 1. The lowest BCUT2D eigenvalue weighted by Crippen LogP contribution is -1.97. The van der Waals surface area contributed by atoms with Crippen molar-refractivity contribution in [3.8, 4) is 5.75 Å². The molecule has 0 saturated carbocycles. The fourth-order valence-electron chi connectivity index (χ4n) is 2.15. The molecule has 20 heavy (non-hydrogen) atoms. The Morgan fingerprint density at radius 2 is 2.10 bits per heavy atom. The Hall–Kier alpha value is -1.00. The van der Waals surface area contributed by atoms with Crippen molar-refractivity contribution >= 4 is 24.0 Å². The van der Waals surface area contributed by atoms with E-state index in [0.717, 1.165) is 29.4 Å².